The number of aromatic nitrogens is 2. The Bertz CT molecular complexity index is 959. The first-order valence-corrected chi connectivity index (χ1v) is 8.83. The molecule has 0 bridgehead atoms. The summed E-state index contributed by atoms with van der Waals surface area (Å²) in [5.41, 5.74) is 1.21. The Kier molecular flexibility index (Phi) is 4.85. The van der Waals surface area contributed by atoms with E-state index < -0.39 is 12.0 Å². The number of carbonyl (C=O) groups is 1. The summed E-state index contributed by atoms with van der Waals surface area (Å²) in [4.78, 5) is 28.6. The molecule has 0 saturated carbocycles. The van der Waals surface area contributed by atoms with E-state index in [9.17, 15) is 14.7 Å². The molecule has 1 unspecified atom stereocenters. The van der Waals surface area contributed by atoms with Crippen molar-refractivity contribution in [3.63, 3.8) is 0 Å². The van der Waals surface area contributed by atoms with Crippen molar-refractivity contribution < 1.29 is 14.6 Å². The number of thiophene rings is 1. The van der Waals surface area contributed by atoms with Gasteiger partial charge in [0.1, 0.15) is 10.6 Å². The number of carboxylic acid groups (broad SMARTS) is 1. The molecular formula is C18H17N2O4S-. The standard InChI is InChI=1S/C18H18N2O4S/c1-3-8-24-13-6-4-12(5-7-13)14-9-25-16-15(14)17(21)20(10-19-16)11(2)18(22)23/h4-7,9-11H,3,8H2,1-2H3,(H,22,23)/p-1. The van der Waals surface area contributed by atoms with Gasteiger partial charge in [0.05, 0.1) is 30.3 Å². The number of nitrogens with zero attached hydrogens (tertiary/aromatic N) is 2. The minimum Gasteiger partial charge on any atom is -0.548 e. The monoisotopic (exact) mass is 357 g/mol. The Morgan fingerprint density at radius 1 is 1.36 bits per heavy atom. The number of rotatable bonds is 6. The zero-order chi connectivity index (χ0) is 18.0. The number of ether oxygens (including phenoxy) is 1. The summed E-state index contributed by atoms with van der Waals surface area (Å²) in [5, 5.41) is 13.4. The topological polar surface area (TPSA) is 84.2 Å². The Morgan fingerprint density at radius 2 is 2.08 bits per heavy atom. The number of carbonyl (C=O) groups excluding carboxylic acids is 1. The lowest BCUT2D eigenvalue weighted by molar-refractivity contribution is -0.309. The van der Waals surface area contributed by atoms with E-state index >= 15 is 0 Å². The molecule has 7 heteroatoms. The van der Waals surface area contributed by atoms with Gasteiger partial charge in [0.15, 0.2) is 0 Å². The highest BCUT2D eigenvalue weighted by atomic mass is 32.1. The van der Waals surface area contributed by atoms with E-state index in [-0.39, 0.29) is 5.56 Å². The van der Waals surface area contributed by atoms with Gasteiger partial charge in [-0.3, -0.25) is 9.36 Å². The molecule has 130 valence electrons. The fraction of sp³-hybridized carbons (Fsp3) is 0.278. The summed E-state index contributed by atoms with van der Waals surface area (Å²) in [6.45, 7) is 4.09. The van der Waals surface area contributed by atoms with Crippen LogP contribution in [-0.2, 0) is 4.79 Å². The van der Waals surface area contributed by atoms with E-state index in [0.717, 1.165) is 27.9 Å². The largest absolute Gasteiger partial charge is 0.548 e. The molecule has 25 heavy (non-hydrogen) atoms. The highest BCUT2D eigenvalue weighted by molar-refractivity contribution is 7.17. The average molecular weight is 357 g/mol. The van der Waals surface area contributed by atoms with Gasteiger partial charge in [0.25, 0.3) is 5.56 Å². The van der Waals surface area contributed by atoms with Gasteiger partial charge < -0.3 is 14.6 Å². The van der Waals surface area contributed by atoms with Crippen LogP contribution in [0.1, 0.15) is 26.3 Å². The minimum absolute atomic E-state index is 0.385. The normalized spacial score (nSPS) is 12.2. The summed E-state index contributed by atoms with van der Waals surface area (Å²) < 4.78 is 6.66. The van der Waals surface area contributed by atoms with Crippen LogP contribution in [0.5, 0.6) is 5.75 Å². The van der Waals surface area contributed by atoms with Crippen LogP contribution in [0.25, 0.3) is 21.3 Å². The third kappa shape index (κ3) is 3.28. The van der Waals surface area contributed by atoms with Gasteiger partial charge in [-0.25, -0.2) is 4.98 Å². The zero-order valence-corrected chi connectivity index (χ0v) is 14.7. The molecular weight excluding hydrogens is 340 g/mol. The fourth-order valence-electron chi connectivity index (χ4n) is 2.50. The lowest BCUT2D eigenvalue weighted by atomic mass is 10.1. The molecule has 0 N–H and O–H groups in total. The maximum atomic E-state index is 12.8. The molecule has 3 rings (SSSR count). The fourth-order valence-corrected chi connectivity index (χ4v) is 3.40. The lowest BCUT2D eigenvalue weighted by Gasteiger charge is -2.15. The Labute approximate surface area is 148 Å². The molecule has 2 heterocycles. The van der Waals surface area contributed by atoms with Crippen LogP contribution in [0.3, 0.4) is 0 Å². The maximum absolute atomic E-state index is 12.8. The molecule has 6 nitrogen and oxygen atoms in total. The summed E-state index contributed by atoms with van der Waals surface area (Å²) in [6.07, 6.45) is 2.19. The number of fused-ring (bicyclic) bond motifs is 1. The van der Waals surface area contributed by atoms with Crippen molar-refractivity contribution in [2.24, 2.45) is 0 Å². The number of aliphatic carboxylic acids is 1. The van der Waals surface area contributed by atoms with Gasteiger partial charge >= 0.3 is 0 Å². The highest BCUT2D eigenvalue weighted by Crippen LogP contribution is 2.31. The van der Waals surface area contributed by atoms with E-state index in [0.29, 0.717) is 16.8 Å². The summed E-state index contributed by atoms with van der Waals surface area (Å²) in [6, 6.07) is 6.39. The van der Waals surface area contributed by atoms with Gasteiger partial charge in [-0.05, 0) is 31.0 Å². The van der Waals surface area contributed by atoms with Crippen LogP contribution in [0.15, 0.2) is 40.8 Å². The molecule has 0 aliphatic carbocycles. The van der Waals surface area contributed by atoms with Crippen molar-refractivity contribution >= 4 is 27.5 Å². The van der Waals surface area contributed by atoms with E-state index in [1.165, 1.54) is 24.6 Å². The van der Waals surface area contributed by atoms with Crippen LogP contribution < -0.4 is 15.4 Å². The second kappa shape index (κ2) is 7.06. The first kappa shape index (κ1) is 17.2. The van der Waals surface area contributed by atoms with Crippen molar-refractivity contribution in [1.82, 2.24) is 9.55 Å². The van der Waals surface area contributed by atoms with Crippen LogP contribution in [-0.4, -0.2) is 22.1 Å². The van der Waals surface area contributed by atoms with Gasteiger partial charge in [-0.15, -0.1) is 11.3 Å². The van der Waals surface area contributed by atoms with Crippen molar-refractivity contribution in [1.29, 1.82) is 0 Å². The lowest BCUT2D eigenvalue weighted by Crippen LogP contribution is -2.36. The Morgan fingerprint density at radius 3 is 2.72 bits per heavy atom. The third-order valence-corrected chi connectivity index (χ3v) is 4.80. The summed E-state index contributed by atoms with van der Waals surface area (Å²) in [7, 11) is 0. The molecule has 0 amide bonds. The third-order valence-electron chi connectivity index (χ3n) is 3.92. The zero-order valence-electron chi connectivity index (χ0n) is 13.9. The van der Waals surface area contributed by atoms with Gasteiger partial charge in [0, 0.05) is 10.9 Å². The van der Waals surface area contributed by atoms with Crippen molar-refractivity contribution in [2.45, 2.75) is 26.3 Å². The molecule has 0 spiro atoms. The quantitative estimate of drug-likeness (QED) is 0.675. The van der Waals surface area contributed by atoms with Crippen LogP contribution in [0.2, 0.25) is 0 Å². The molecule has 0 aliphatic heterocycles. The molecule has 0 fully saturated rings. The van der Waals surface area contributed by atoms with Gasteiger partial charge in [-0.1, -0.05) is 19.1 Å². The molecule has 0 aliphatic rings. The predicted molar refractivity (Wildman–Crippen MR) is 94.8 cm³/mol. The van der Waals surface area contributed by atoms with E-state index in [4.69, 9.17) is 4.74 Å². The van der Waals surface area contributed by atoms with Crippen molar-refractivity contribution in [3.05, 3.63) is 46.3 Å². The van der Waals surface area contributed by atoms with Crippen molar-refractivity contribution in [3.8, 4) is 16.9 Å². The molecule has 3 aromatic rings. The summed E-state index contributed by atoms with van der Waals surface area (Å²) >= 11 is 1.35. The summed E-state index contributed by atoms with van der Waals surface area (Å²) in [5.74, 6) is -0.552. The second-order valence-electron chi connectivity index (χ2n) is 5.65. The first-order chi connectivity index (χ1) is 12.0. The smallest absolute Gasteiger partial charge is 0.263 e. The SMILES string of the molecule is CCCOc1ccc(-c2csc3ncn(C(C)C(=O)[O-])c(=O)c23)cc1. The number of hydrogen-bond donors (Lipinski definition) is 0. The molecule has 2 aromatic heterocycles. The van der Waals surface area contributed by atoms with Crippen molar-refractivity contribution in [2.75, 3.05) is 6.61 Å². The molecule has 0 radical (unpaired) electrons. The van der Waals surface area contributed by atoms with E-state index in [1.54, 1.807) is 0 Å². The van der Waals surface area contributed by atoms with Crippen LogP contribution in [0, 0.1) is 0 Å². The van der Waals surface area contributed by atoms with E-state index in [1.807, 2.05) is 36.6 Å². The maximum Gasteiger partial charge on any atom is 0.263 e. The van der Waals surface area contributed by atoms with Crippen LogP contribution >= 0.6 is 11.3 Å². The molecule has 1 aromatic carbocycles. The number of benzene rings is 1. The van der Waals surface area contributed by atoms with Crippen LogP contribution in [0.4, 0.5) is 0 Å². The number of hydrogen-bond acceptors (Lipinski definition) is 6. The number of carboxylic acids is 1. The highest BCUT2D eigenvalue weighted by Gasteiger charge is 2.16. The first-order valence-electron chi connectivity index (χ1n) is 7.95. The van der Waals surface area contributed by atoms with E-state index in [2.05, 4.69) is 4.98 Å². The Hall–Kier alpha value is -2.67. The average Bonchev–Trinajstić information content (AvgIpc) is 3.05. The predicted octanol–water partition coefficient (Wildman–Crippen LogP) is 2.22. The Balaban J connectivity index is 2.06. The molecule has 0 saturated heterocycles. The molecule has 1 atom stereocenters. The van der Waals surface area contributed by atoms with Gasteiger partial charge in [-0.2, -0.15) is 0 Å². The minimum atomic E-state index is -1.32. The van der Waals surface area contributed by atoms with Gasteiger partial charge in [0.2, 0.25) is 0 Å². The second-order valence-corrected chi connectivity index (χ2v) is 6.51.